The molecule has 1 atom stereocenters. The van der Waals surface area contributed by atoms with E-state index >= 15 is 0 Å². The fourth-order valence-electron chi connectivity index (χ4n) is 5.48. The van der Waals surface area contributed by atoms with Crippen LogP contribution < -0.4 is 14.8 Å². The van der Waals surface area contributed by atoms with Gasteiger partial charge in [-0.05, 0) is 73.2 Å². The van der Waals surface area contributed by atoms with Gasteiger partial charge in [0.1, 0.15) is 16.5 Å². The summed E-state index contributed by atoms with van der Waals surface area (Å²) in [7, 11) is 3.29. The Kier molecular flexibility index (Phi) is 5.93. The van der Waals surface area contributed by atoms with Crippen molar-refractivity contribution in [2.45, 2.75) is 38.3 Å². The highest BCUT2D eigenvalue weighted by molar-refractivity contribution is 7.15. The number of amides is 2. The van der Waals surface area contributed by atoms with E-state index in [0.717, 1.165) is 29.8 Å². The Morgan fingerprint density at radius 3 is 2.69 bits per heavy atom. The number of aryl methyl sites for hydroxylation is 1. The molecular weight excluding hydrogens is 470 g/mol. The summed E-state index contributed by atoms with van der Waals surface area (Å²) >= 11 is 1.89. The molecule has 0 radical (unpaired) electrons. The second kappa shape index (κ2) is 9.39. The van der Waals surface area contributed by atoms with Crippen molar-refractivity contribution >= 4 is 23.1 Å². The van der Waals surface area contributed by atoms with E-state index in [4.69, 9.17) is 9.47 Å². The predicted octanol–water partition coefficient (Wildman–Crippen LogP) is 6.57. The van der Waals surface area contributed by atoms with Crippen LogP contribution in [0.1, 0.15) is 46.1 Å². The standard InChI is InChI=1S/C29H29N3O3S/c1-34-20-10-7-9-19(17-20)27-24-13-8-16-31(24)28-22(21-11-3-6-15-26(21)36-28)18-32(27)29(33)30-23-12-4-5-14-25(23)35-2/h4-5,7-10,12-14,16-17,27H,3,6,11,15,18H2,1-2H3,(H,30,33). The molecule has 0 spiro atoms. The summed E-state index contributed by atoms with van der Waals surface area (Å²) in [5, 5.41) is 4.38. The molecule has 0 fully saturated rings. The number of para-hydroxylation sites is 2. The minimum absolute atomic E-state index is 0.163. The van der Waals surface area contributed by atoms with Crippen LogP contribution in [0.2, 0.25) is 0 Å². The van der Waals surface area contributed by atoms with Gasteiger partial charge < -0.3 is 24.3 Å². The summed E-state index contributed by atoms with van der Waals surface area (Å²) in [6.45, 7) is 0.533. The van der Waals surface area contributed by atoms with E-state index in [0.29, 0.717) is 18.0 Å². The number of fused-ring (bicyclic) bond motifs is 5. The third-order valence-corrected chi connectivity index (χ3v) is 8.53. The normalized spacial score (nSPS) is 16.4. The van der Waals surface area contributed by atoms with Gasteiger partial charge in [-0.25, -0.2) is 4.79 Å². The highest BCUT2D eigenvalue weighted by Crippen LogP contribution is 2.44. The van der Waals surface area contributed by atoms with Gasteiger partial charge in [0.15, 0.2) is 0 Å². The number of carbonyl (C=O) groups is 1. The summed E-state index contributed by atoms with van der Waals surface area (Å²) in [4.78, 5) is 17.5. The molecular formula is C29H29N3O3S. The van der Waals surface area contributed by atoms with Crippen LogP contribution in [0.5, 0.6) is 11.5 Å². The smallest absolute Gasteiger partial charge is 0.323 e. The largest absolute Gasteiger partial charge is 0.497 e. The fourth-order valence-corrected chi connectivity index (χ4v) is 6.89. The summed E-state index contributed by atoms with van der Waals surface area (Å²) in [5.41, 5.74) is 5.43. The van der Waals surface area contributed by atoms with Crippen molar-refractivity contribution in [2.24, 2.45) is 0 Å². The molecule has 0 bridgehead atoms. The minimum atomic E-state index is -0.288. The van der Waals surface area contributed by atoms with E-state index in [2.05, 4.69) is 34.3 Å². The number of thiophene rings is 1. The molecule has 184 valence electrons. The number of hydrogen-bond donors (Lipinski definition) is 1. The first-order valence-corrected chi connectivity index (χ1v) is 13.1. The van der Waals surface area contributed by atoms with Crippen molar-refractivity contribution in [1.82, 2.24) is 9.47 Å². The van der Waals surface area contributed by atoms with E-state index in [9.17, 15) is 4.79 Å². The molecule has 0 saturated carbocycles. The Labute approximate surface area is 215 Å². The number of urea groups is 1. The van der Waals surface area contributed by atoms with Gasteiger partial charge in [0.25, 0.3) is 0 Å². The SMILES string of the molecule is COc1cccc(C2c3cccn3-c3sc4c(c3CN2C(=O)Nc2ccccc2OC)CCCC4)c1. The van der Waals surface area contributed by atoms with Crippen molar-refractivity contribution < 1.29 is 14.3 Å². The van der Waals surface area contributed by atoms with Crippen molar-refractivity contribution in [1.29, 1.82) is 0 Å². The number of rotatable bonds is 4. The van der Waals surface area contributed by atoms with Crippen LogP contribution >= 0.6 is 11.3 Å². The zero-order valence-corrected chi connectivity index (χ0v) is 21.3. The molecule has 1 aliphatic heterocycles. The molecule has 2 aromatic carbocycles. The number of hydrogen-bond acceptors (Lipinski definition) is 4. The van der Waals surface area contributed by atoms with Crippen LogP contribution in [-0.4, -0.2) is 29.7 Å². The van der Waals surface area contributed by atoms with E-state index in [1.807, 2.05) is 58.7 Å². The fraction of sp³-hybridized carbons (Fsp3) is 0.276. The van der Waals surface area contributed by atoms with Crippen LogP contribution in [0.4, 0.5) is 10.5 Å². The van der Waals surface area contributed by atoms with Gasteiger partial charge in [0.2, 0.25) is 0 Å². The molecule has 6 nitrogen and oxygen atoms in total. The lowest BCUT2D eigenvalue weighted by atomic mass is 9.95. The second-order valence-electron chi connectivity index (χ2n) is 9.24. The van der Waals surface area contributed by atoms with Crippen molar-refractivity contribution in [3.05, 3.63) is 94.1 Å². The summed E-state index contributed by atoms with van der Waals surface area (Å²) in [6.07, 6.45) is 6.75. The van der Waals surface area contributed by atoms with Crippen LogP contribution in [0.15, 0.2) is 66.9 Å². The molecule has 4 aromatic rings. The first kappa shape index (κ1) is 22.7. The molecule has 1 aliphatic carbocycles. The topological polar surface area (TPSA) is 55.7 Å². The Balaban J connectivity index is 1.50. The number of aromatic nitrogens is 1. The minimum Gasteiger partial charge on any atom is -0.497 e. The molecule has 2 aliphatic rings. The van der Waals surface area contributed by atoms with Crippen molar-refractivity contribution in [3.8, 4) is 16.5 Å². The highest BCUT2D eigenvalue weighted by atomic mass is 32.1. The van der Waals surface area contributed by atoms with Crippen LogP contribution in [0.3, 0.4) is 0 Å². The monoisotopic (exact) mass is 499 g/mol. The second-order valence-corrected chi connectivity index (χ2v) is 10.3. The number of carbonyl (C=O) groups excluding carboxylic acids is 1. The summed E-state index contributed by atoms with van der Waals surface area (Å²) < 4.78 is 13.3. The molecule has 7 heteroatoms. The maximum Gasteiger partial charge on any atom is 0.323 e. The van der Waals surface area contributed by atoms with Gasteiger partial charge in [-0.2, -0.15) is 0 Å². The third kappa shape index (κ3) is 3.84. The summed E-state index contributed by atoms with van der Waals surface area (Å²) in [5.74, 6) is 1.41. The van der Waals surface area contributed by atoms with Gasteiger partial charge >= 0.3 is 6.03 Å². The van der Waals surface area contributed by atoms with Gasteiger partial charge in [-0.3, -0.25) is 0 Å². The Hall–Kier alpha value is -3.71. The number of ether oxygens (including phenoxy) is 2. The first-order valence-electron chi connectivity index (χ1n) is 12.3. The van der Waals surface area contributed by atoms with Crippen molar-refractivity contribution in [2.75, 3.05) is 19.5 Å². The lowest BCUT2D eigenvalue weighted by Crippen LogP contribution is -2.38. The third-order valence-electron chi connectivity index (χ3n) is 7.20. The lowest BCUT2D eigenvalue weighted by molar-refractivity contribution is 0.194. The maximum atomic E-state index is 14.1. The molecule has 1 unspecified atom stereocenters. The molecule has 1 N–H and O–H groups in total. The number of methoxy groups -OCH3 is 2. The van der Waals surface area contributed by atoms with Crippen LogP contribution in [-0.2, 0) is 19.4 Å². The quantitative estimate of drug-likeness (QED) is 0.345. The summed E-state index contributed by atoms with van der Waals surface area (Å²) in [6, 6.07) is 19.3. The molecule has 2 aromatic heterocycles. The van der Waals surface area contributed by atoms with Crippen molar-refractivity contribution in [3.63, 3.8) is 0 Å². The predicted molar refractivity (Wildman–Crippen MR) is 143 cm³/mol. The average Bonchev–Trinajstić information content (AvgIpc) is 3.50. The number of benzene rings is 2. The molecule has 0 saturated heterocycles. The zero-order chi connectivity index (χ0) is 24.6. The van der Waals surface area contributed by atoms with E-state index in [-0.39, 0.29) is 12.1 Å². The number of nitrogens with one attached hydrogen (secondary N) is 1. The number of nitrogens with zero attached hydrogens (tertiary/aromatic N) is 2. The number of anilines is 1. The van der Waals surface area contributed by atoms with E-state index in [1.54, 1.807) is 14.2 Å². The maximum absolute atomic E-state index is 14.1. The Morgan fingerprint density at radius 1 is 0.972 bits per heavy atom. The van der Waals surface area contributed by atoms with E-state index < -0.39 is 0 Å². The zero-order valence-electron chi connectivity index (χ0n) is 20.5. The molecule has 6 rings (SSSR count). The lowest BCUT2D eigenvalue weighted by Gasteiger charge is -2.31. The highest BCUT2D eigenvalue weighted by Gasteiger charge is 2.36. The van der Waals surface area contributed by atoms with Crippen LogP contribution in [0.25, 0.3) is 5.00 Å². The Morgan fingerprint density at radius 2 is 1.83 bits per heavy atom. The van der Waals surface area contributed by atoms with Gasteiger partial charge in [-0.15, -0.1) is 11.3 Å². The van der Waals surface area contributed by atoms with Crippen LogP contribution in [0, 0.1) is 0 Å². The molecule has 36 heavy (non-hydrogen) atoms. The average molecular weight is 500 g/mol. The molecule has 2 amide bonds. The van der Waals surface area contributed by atoms with Gasteiger partial charge in [-0.1, -0.05) is 24.3 Å². The Bertz CT molecular complexity index is 1420. The van der Waals surface area contributed by atoms with Gasteiger partial charge in [0.05, 0.1) is 38.2 Å². The van der Waals surface area contributed by atoms with E-state index in [1.165, 1.54) is 33.8 Å². The van der Waals surface area contributed by atoms with Gasteiger partial charge in [0, 0.05) is 16.6 Å². The first-order chi connectivity index (χ1) is 17.7. The molecule has 3 heterocycles.